The molecule has 108 valence electrons. The summed E-state index contributed by atoms with van der Waals surface area (Å²) in [7, 11) is 0.810. The minimum Gasteiger partial charge on any atom is -0.379 e. The Kier molecular flexibility index (Phi) is 5.17. The SMILES string of the molecule is COC(C)(C)CC(CN)N(C)C1CCS(=O)(=O)C1. The van der Waals surface area contributed by atoms with Gasteiger partial charge in [-0.1, -0.05) is 0 Å². The van der Waals surface area contributed by atoms with E-state index in [0.29, 0.717) is 18.7 Å². The van der Waals surface area contributed by atoms with Crippen LogP contribution in [-0.2, 0) is 14.6 Å². The molecule has 6 heteroatoms. The number of hydrogen-bond donors (Lipinski definition) is 1. The number of rotatable bonds is 6. The molecule has 0 aromatic heterocycles. The normalized spacial score (nSPS) is 25.6. The van der Waals surface area contributed by atoms with E-state index < -0.39 is 9.84 Å². The molecule has 1 fully saturated rings. The van der Waals surface area contributed by atoms with Gasteiger partial charge in [0.1, 0.15) is 0 Å². The Balaban J connectivity index is 2.66. The van der Waals surface area contributed by atoms with Crippen molar-refractivity contribution in [1.29, 1.82) is 0 Å². The van der Waals surface area contributed by atoms with E-state index in [2.05, 4.69) is 4.90 Å². The Morgan fingerprint density at radius 3 is 2.50 bits per heavy atom. The zero-order valence-corrected chi connectivity index (χ0v) is 12.7. The van der Waals surface area contributed by atoms with E-state index in [4.69, 9.17) is 10.5 Å². The summed E-state index contributed by atoms with van der Waals surface area (Å²) < 4.78 is 28.5. The molecule has 2 N–H and O–H groups in total. The molecule has 1 rings (SSSR count). The van der Waals surface area contributed by atoms with E-state index in [-0.39, 0.29) is 23.4 Å². The molecule has 0 radical (unpaired) electrons. The topological polar surface area (TPSA) is 72.6 Å². The number of likely N-dealkylation sites (N-methyl/N-ethyl adjacent to an activating group) is 1. The summed E-state index contributed by atoms with van der Waals surface area (Å²) >= 11 is 0. The van der Waals surface area contributed by atoms with Crippen LogP contribution in [0.3, 0.4) is 0 Å². The molecule has 1 aliphatic rings. The molecule has 0 spiro atoms. The first-order valence-electron chi connectivity index (χ1n) is 6.38. The highest BCUT2D eigenvalue weighted by Crippen LogP contribution is 2.23. The monoisotopic (exact) mass is 278 g/mol. The van der Waals surface area contributed by atoms with Crippen LogP contribution in [0.2, 0.25) is 0 Å². The van der Waals surface area contributed by atoms with Crippen LogP contribution in [0.15, 0.2) is 0 Å². The van der Waals surface area contributed by atoms with Crippen molar-refractivity contribution >= 4 is 9.84 Å². The summed E-state index contributed by atoms with van der Waals surface area (Å²) in [6.07, 6.45) is 1.51. The fourth-order valence-corrected chi connectivity index (χ4v) is 4.23. The van der Waals surface area contributed by atoms with Crippen LogP contribution < -0.4 is 5.73 Å². The fraction of sp³-hybridized carbons (Fsp3) is 1.00. The van der Waals surface area contributed by atoms with E-state index in [1.807, 2.05) is 20.9 Å². The van der Waals surface area contributed by atoms with Crippen molar-refractivity contribution in [2.24, 2.45) is 5.73 Å². The molecule has 1 heterocycles. The predicted octanol–water partition coefficient (Wildman–Crippen LogP) is 0.248. The second kappa shape index (κ2) is 5.86. The smallest absolute Gasteiger partial charge is 0.151 e. The predicted molar refractivity (Wildman–Crippen MR) is 73.4 cm³/mol. The van der Waals surface area contributed by atoms with E-state index >= 15 is 0 Å². The third kappa shape index (κ3) is 4.19. The average molecular weight is 278 g/mol. The van der Waals surface area contributed by atoms with Gasteiger partial charge in [-0.2, -0.15) is 0 Å². The summed E-state index contributed by atoms with van der Waals surface area (Å²) in [6, 6.07) is 0.245. The van der Waals surface area contributed by atoms with Gasteiger partial charge in [0.15, 0.2) is 9.84 Å². The maximum atomic E-state index is 11.5. The van der Waals surface area contributed by atoms with Gasteiger partial charge in [0, 0.05) is 25.7 Å². The molecule has 1 aliphatic heterocycles. The van der Waals surface area contributed by atoms with E-state index in [0.717, 1.165) is 6.42 Å². The Morgan fingerprint density at radius 1 is 1.50 bits per heavy atom. The summed E-state index contributed by atoms with van der Waals surface area (Å²) in [5, 5.41) is 0. The highest BCUT2D eigenvalue weighted by Gasteiger charge is 2.35. The number of nitrogens with zero attached hydrogens (tertiary/aromatic N) is 1. The van der Waals surface area contributed by atoms with Crippen molar-refractivity contribution in [2.75, 3.05) is 32.2 Å². The maximum Gasteiger partial charge on any atom is 0.151 e. The van der Waals surface area contributed by atoms with Crippen LogP contribution in [0.5, 0.6) is 0 Å². The molecule has 5 nitrogen and oxygen atoms in total. The largest absolute Gasteiger partial charge is 0.379 e. The highest BCUT2D eigenvalue weighted by molar-refractivity contribution is 7.91. The Hall–Kier alpha value is -0.170. The summed E-state index contributed by atoms with van der Waals surface area (Å²) in [5.74, 6) is 0.556. The summed E-state index contributed by atoms with van der Waals surface area (Å²) in [6.45, 7) is 4.56. The van der Waals surface area contributed by atoms with Crippen molar-refractivity contribution in [3.63, 3.8) is 0 Å². The van der Waals surface area contributed by atoms with E-state index in [9.17, 15) is 8.42 Å². The molecule has 0 amide bonds. The first kappa shape index (κ1) is 15.9. The Bertz CT molecular complexity index is 368. The van der Waals surface area contributed by atoms with Crippen molar-refractivity contribution < 1.29 is 13.2 Å². The van der Waals surface area contributed by atoms with Gasteiger partial charge in [-0.3, -0.25) is 4.90 Å². The molecular weight excluding hydrogens is 252 g/mol. The zero-order valence-electron chi connectivity index (χ0n) is 11.8. The summed E-state index contributed by atoms with van der Waals surface area (Å²) in [5.41, 5.74) is 5.58. The molecular formula is C12H26N2O3S. The second-order valence-electron chi connectivity index (χ2n) is 5.78. The lowest BCUT2D eigenvalue weighted by atomic mass is 9.97. The first-order chi connectivity index (χ1) is 8.21. The third-order valence-corrected chi connectivity index (χ3v) is 5.66. The second-order valence-corrected chi connectivity index (χ2v) is 8.01. The zero-order chi connectivity index (χ0) is 14.0. The highest BCUT2D eigenvalue weighted by atomic mass is 32.2. The van der Waals surface area contributed by atoms with Gasteiger partial charge in [0.2, 0.25) is 0 Å². The molecule has 1 saturated heterocycles. The van der Waals surface area contributed by atoms with Gasteiger partial charge in [-0.15, -0.1) is 0 Å². The number of sulfone groups is 1. The van der Waals surface area contributed by atoms with Crippen LogP contribution in [0.4, 0.5) is 0 Å². The van der Waals surface area contributed by atoms with Crippen LogP contribution in [-0.4, -0.2) is 63.2 Å². The number of nitrogens with two attached hydrogens (primary N) is 1. The lowest BCUT2D eigenvalue weighted by Crippen LogP contribution is -2.48. The van der Waals surface area contributed by atoms with Gasteiger partial charge >= 0.3 is 0 Å². The number of hydrogen-bond acceptors (Lipinski definition) is 5. The van der Waals surface area contributed by atoms with Crippen LogP contribution in [0.1, 0.15) is 26.7 Å². The fourth-order valence-electron chi connectivity index (χ4n) is 2.44. The van der Waals surface area contributed by atoms with E-state index in [1.165, 1.54) is 0 Å². The molecule has 0 aliphatic carbocycles. The molecule has 2 unspecified atom stereocenters. The van der Waals surface area contributed by atoms with Crippen molar-refractivity contribution in [1.82, 2.24) is 4.90 Å². The van der Waals surface area contributed by atoms with Crippen LogP contribution in [0, 0.1) is 0 Å². The molecule has 2 atom stereocenters. The van der Waals surface area contributed by atoms with Crippen LogP contribution >= 0.6 is 0 Å². The first-order valence-corrected chi connectivity index (χ1v) is 8.20. The quantitative estimate of drug-likeness (QED) is 0.754. The maximum absolute atomic E-state index is 11.5. The van der Waals surface area contributed by atoms with Gasteiger partial charge in [-0.05, 0) is 33.7 Å². The molecule has 0 aromatic rings. The standard InChI is InChI=1S/C12H26N2O3S/c1-12(2,17-4)7-11(8-13)14(3)10-5-6-18(15,16)9-10/h10-11H,5-9,13H2,1-4H3. The molecule has 0 bridgehead atoms. The van der Waals surface area contributed by atoms with Gasteiger partial charge < -0.3 is 10.5 Å². The molecule has 18 heavy (non-hydrogen) atoms. The summed E-state index contributed by atoms with van der Waals surface area (Å²) in [4.78, 5) is 2.12. The lowest BCUT2D eigenvalue weighted by Gasteiger charge is -2.36. The minimum absolute atomic E-state index is 0.0937. The van der Waals surface area contributed by atoms with Gasteiger partial charge in [-0.25, -0.2) is 8.42 Å². The van der Waals surface area contributed by atoms with Crippen molar-refractivity contribution in [3.05, 3.63) is 0 Å². The van der Waals surface area contributed by atoms with Crippen LogP contribution in [0.25, 0.3) is 0 Å². The Labute approximate surface area is 111 Å². The number of methoxy groups -OCH3 is 1. The van der Waals surface area contributed by atoms with Crippen molar-refractivity contribution in [2.45, 2.75) is 44.4 Å². The molecule has 0 aromatic carbocycles. The Morgan fingerprint density at radius 2 is 2.11 bits per heavy atom. The molecule has 0 saturated carbocycles. The minimum atomic E-state index is -2.85. The number of ether oxygens (including phenoxy) is 1. The van der Waals surface area contributed by atoms with Gasteiger partial charge in [0.05, 0.1) is 17.1 Å². The van der Waals surface area contributed by atoms with Gasteiger partial charge in [0.25, 0.3) is 0 Å². The van der Waals surface area contributed by atoms with Crippen molar-refractivity contribution in [3.8, 4) is 0 Å². The van der Waals surface area contributed by atoms with E-state index in [1.54, 1.807) is 7.11 Å². The third-order valence-electron chi connectivity index (χ3n) is 3.91. The lowest BCUT2D eigenvalue weighted by molar-refractivity contribution is -0.00832. The average Bonchev–Trinajstić information content (AvgIpc) is 2.65.